The Morgan fingerprint density at radius 2 is 1.83 bits per heavy atom. The van der Waals surface area contributed by atoms with Crippen molar-refractivity contribution in [2.45, 2.75) is 40.0 Å². The van der Waals surface area contributed by atoms with Crippen LogP contribution in [0.25, 0.3) is 17.0 Å². The number of benzene rings is 1. The molecule has 1 amide bonds. The van der Waals surface area contributed by atoms with E-state index >= 15 is 0 Å². The third-order valence-electron chi connectivity index (χ3n) is 5.77. The number of rotatable bonds is 6. The number of nitrogens with one attached hydrogen (secondary N) is 1. The topological polar surface area (TPSA) is 75.4 Å². The molecule has 0 spiro atoms. The molecule has 7 nitrogen and oxygen atoms in total. The lowest BCUT2D eigenvalue weighted by Gasteiger charge is -2.32. The van der Waals surface area contributed by atoms with Gasteiger partial charge in [0.05, 0.1) is 0 Å². The second-order valence-electron chi connectivity index (χ2n) is 8.59. The van der Waals surface area contributed by atoms with Gasteiger partial charge in [0.25, 0.3) is 0 Å². The highest BCUT2D eigenvalue weighted by molar-refractivity contribution is 5.79. The van der Waals surface area contributed by atoms with Gasteiger partial charge in [-0.2, -0.15) is 4.52 Å². The largest absolute Gasteiger partial charge is 0.356 e. The molecule has 0 saturated carbocycles. The number of hydrogen-bond donors (Lipinski definition) is 1. The third-order valence-corrected chi connectivity index (χ3v) is 5.77. The number of carbonyl (C=O) groups excluding carboxylic acids is 1. The SMILES string of the molecule is Cc1ccc(-c2nnc3ccc(N4CCC(C(=O)NCCC(C)C)CC4)nn23)cc1. The number of aromatic nitrogens is 4. The van der Waals surface area contributed by atoms with E-state index < -0.39 is 0 Å². The van der Waals surface area contributed by atoms with Crippen molar-refractivity contribution in [2.24, 2.45) is 11.8 Å². The van der Waals surface area contributed by atoms with Gasteiger partial charge in [-0.25, -0.2) is 0 Å². The molecule has 3 aromatic rings. The molecule has 1 aromatic carbocycles. The average molecular weight is 407 g/mol. The average Bonchev–Trinajstić information content (AvgIpc) is 3.17. The standard InChI is InChI=1S/C23H30N6O/c1-16(2)10-13-24-23(30)19-11-14-28(15-12-19)21-9-8-20-25-26-22(29(20)27-21)18-6-4-17(3)5-7-18/h4-9,16,19H,10-15H2,1-3H3,(H,24,30). The van der Waals surface area contributed by atoms with Crippen LogP contribution in [0.4, 0.5) is 5.82 Å². The Kier molecular flexibility index (Phi) is 5.97. The van der Waals surface area contributed by atoms with Crippen molar-refractivity contribution in [2.75, 3.05) is 24.5 Å². The lowest BCUT2D eigenvalue weighted by atomic mass is 9.96. The second-order valence-corrected chi connectivity index (χ2v) is 8.59. The molecule has 1 aliphatic rings. The molecule has 0 unspecified atom stereocenters. The maximum absolute atomic E-state index is 12.4. The number of fused-ring (bicyclic) bond motifs is 1. The normalized spacial score (nSPS) is 15.1. The van der Waals surface area contributed by atoms with Gasteiger partial charge in [-0.1, -0.05) is 43.7 Å². The number of nitrogens with zero attached hydrogens (tertiary/aromatic N) is 5. The van der Waals surface area contributed by atoms with E-state index in [0.29, 0.717) is 5.92 Å². The molecule has 0 aliphatic carbocycles. The van der Waals surface area contributed by atoms with Crippen LogP contribution in [0.5, 0.6) is 0 Å². The van der Waals surface area contributed by atoms with E-state index in [2.05, 4.69) is 53.3 Å². The predicted octanol–water partition coefficient (Wildman–Crippen LogP) is 3.48. The van der Waals surface area contributed by atoms with Crippen LogP contribution in [0.1, 0.15) is 38.7 Å². The quantitative estimate of drug-likeness (QED) is 0.678. The second kappa shape index (κ2) is 8.81. The summed E-state index contributed by atoms with van der Waals surface area (Å²) in [6.07, 6.45) is 2.72. The zero-order valence-corrected chi connectivity index (χ0v) is 18.0. The molecule has 2 aromatic heterocycles. The summed E-state index contributed by atoms with van der Waals surface area (Å²) >= 11 is 0. The molecule has 30 heavy (non-hydrogen) atoms. The Morgan fingerprint density at radius 3 is 2.53 bits per heavy atom. The Hall–Kier alpha value is -2.96. The summed E-state index contributed by atoms with van der Waals surface area (Å²) in [4.78, 5) is 14.7. The zero-order chi connectivity index (χ0) is 21.1. The minimum absolute atomic E-state index is 0.0928. The van der Waals surface area contributed by atoms with Crippen molar-refractivity contribution < 1.29 is 4.79 Å². The number of piperidine rings is 1. The van der Waals surface area contributed by atoms with Crippen molar-refractivity contribution in [1.82, 2.24) is 25.1 Å². The molecule has 1 saturated heterocycles. The number of amides is 1. The summed E-state index contributed by atoms with van der Waals surface area (Å²) in [5, 5.41) is 16.5. The number of carbonyl (C=O) groups is 1. The van der Waals surface area contributed by atoms with Gasteiger partial charge < -0.3 is 10.2 Å². The summed E-state index contributed by atoms with van der Waals surface area (Å²) in [5.74, 6) is 2.53. The smallest absolute Gasteiger partial charge is 0.223 e. The zero-order valence-electron chi connectivity index (χ0n) is 18.0. The van der Waals surface area contributed by atoms with E-state index in [-0.39, 0.29) is 11.8 Å². The summed E-state index contributed by atoms with van der Waals surface area (Å²) in [5.41, 5.74) is 2.93. The lowest BCUT2D eigenvalue weighted by molar-refractivity contribution is -0.125. The van der Waals surface area contributed by atoms with Crippen LogP contribution in [0.3, 0.4) is 0 Å². The van der Waals surface area contributed by atoms with Gasteiger partial charge in [0, 0.05) is 31.1 Å². The van der Waals surface area contributed by atoms with Crippen molar-refractivity contribution in [1.29, 1.82) is 0 Å². The van der Waals surface area contributed by atoms with Gasteiger partial charge >= 0.3 is 0 Å². The van der Waals surface area contributed by atoms with Gasteiger partial charge in [-0.3, -0.25) is 4.79 Å². The first-order valence-electron chi connectivity index (χ1n) is 10.8. The van der Waals surface area contributed by atoms with Crippen molar-refractivity contribution in [3.63, 3.8) is 0 Å². The highest BCUT2D eigenvalue weighted by Crippen LogP contribution is 2.24. The van der Waals surface area contributed by atoms with Crippen molar-refractivity contribution >= 4 is 17.4 Å². The summed E-state index contributed by atoms with van der Waals surface area (Å²) in [6.45, 7) is 8.83. The Balaban J connectivity index is 1.44. The Labute approximate surface area is 177 Å². The molecule has 0 radical (unpaired) electrons. The molecule has 4 rings (SSSR count). The molecule has 1 N–H and O–H groups in total. The maximum Gasteiger partial charge on any atom is 0.223 e. The van der Waals surface area contributed by atoms with Crippen molar-refractivity contribution in [3.8, 4) is 11.4 Å². The van der Waals surface area contributed by atoms with E-state index in [1.54, 1.807) is 0 Å². The van der Waals surface area contributed by atoms with Gasteiger partial charge in [0.2, 0.25) is 5.91 Å². The van der Waals surface area contributed by atoms with E-state index in [1.165, 1.54) is 5.56 Å². The van der Waals surface area contributed by atoms with E-state index in [1.807, 2.05) is 28.8 Å². The first-order valence-corrected chi connectivity index (χ1v) is 10.8. The molecule has 0 bridgehead atoms. The summed E-state index contributed by atoms with van der Waals surface area (Å²) < 4.78 is 1.81. The molecular formula is C23H30N6O. The minimum Gasteiger partial charge on any atom is -0.356 e. The fourth-order valence-corrected chi connectivity index (χ4v) is 3.83. The fraction of sp³-hybridized carbons (Fsp3) is 0.478. The third kappa shape index (κ3) is 4.45. The Bertz CT molecular complexity index is 1000. The predicted molar refractivity (Wildman–Crippen MR) is 118 cm³/mol. The van der Waals surface area contributed by atoms with Crippen molar-refractivity contribution in [3.05, 3.63) is 42.0 Å². The van der Waals surface area contributed by atoms with Gasteiger partial charge in [-0.05, 0) is 44.2 Å². The van der Waals surface area contributed by atoms with Crippen LogP contribution in [0, 0.1) is 18.8 Å². The van der Waals surface area contributed by atoms with Crippen LogP contribution < -0.4 is 10.2 Å². The first-order chi connectivity index (χ1) is 14.5. The van der Waals surface area contributed by atoms with Crippen LogP contribution in [0.15, 0.2) is 36.4 Å². The summed E-state index contributed by atoms with van der Waals surface area (Å²) in [6, 6.07) is 12.2. The molecule has 0 atom stereocenters. The monoisotopic (exact) mass is 406 g/mol. The van der Waals surface area contributed by atoms with Crippen LogP contribution in [-0.2, 0) is 4.79 Å². The summed E-state index contributed by atoms with van der Waals surface area (Å²) in [7, 11) is 0. The number of anilines is 1. The van der Waals surface area contributed by atoms with E-state index in [9.17, 15) is 4.79 Å². The fourth-order valence-electron chi connectivity index (χ4n) is 3.83. The molecule has 3 heterocycles. The molecule has 158 valence electrons. The van der Waals surface area contributed by atoms with Gasteiger partial charge in [0.15, 0.2) is 11.5 Å². The Morgan fingerprint density at radius 1 is 1.10 bits per heavy atom. The number of aryl methyl sites for hydroxylation is 1. The lowest BCUT2D eigenvalue weighted by Crippen LogP contribution is -2.41. The highest BCUT2D eigenvalue weighted by atomic mass is 16.1. The van der Waals surface area contributed by atoms with E-state index in [0.717, 1.165) is 61.7 Å². The van der Waals surface area contributed by atoms with E-state index in [4.69, 9.17) is 5.10 Å². The molecule has 1 fully saturated rings. The number of hydrogen-bond acceptors (Lipinski definition) is 5. The van der Waals surface area contributed by atoms with Gasteiger partial charge in [0.1, 0.15) is 5.82 Å². The van der Waals surface area contributed by atoms with Crippen LogP contribution in [-0.4, -0.2) is 45.4 Å². The first kappa shape index (κ1) is 20.3. The van der Waals surface area contributed by atoms with Crippen LogP contribution >= 0.6 is 0 Å². The molecular weight excluding hydrogens is 376 g/mol. The minimum atomic E-state index is 0.0928. The highest BCUT2D eigenvalue weighted by Gasteiger charge is 2.26. The maximum atomic E-state index is 12.4. The molecule has 7 heteroatoms. The van der Waals surface area contributed by atoms with Gasteiger partial charge in [-0.15, -0.1) is 15.3 Å². The molecule has 1 aliphatic heterocycles. The van der Waals surface area contributed by atoms with Crippen LogP contribution in [0.2, 0.25) is 0 Å².